The first kappa shape index (κ1) is 24.0. The topological polar surface area (TPSA) is 86.2 Å². The van der Waals surface area contributed by atoms with Crippen LogP contribution in [0.25, 0.3) is 0 Å². The van der Waals surface area contributed by atoms with Crippen molar-refractivity contribution in [2.45, 2.75) is 13.2 Å². The van der Waals surface area contributed by atoms with Crippen LogP contribution in [0.5, 0.6) is 23.1 Å². The third kappa shape index (κ3) is 6.90. The number of hydrogen-bond donors (Lipinski definition) is 2. The van der Waals surface area contributed by atoms with E-state index >= 15 is 0 Å². The summed E-state index contributed by atoms with van der Waals surface area (Å²) in [5.74, 6) is 1.74. The SMILES string of the molecule is CN=C(NCCOc1ccc(Cl)cn1)NCc1cc2c(cc1OC(F)F)OCO2.I. The summed E-state index contributed by atoms with van der Waals surface area (Å²) in [5.41, 5.74) is 0.471. The van der Waals surface area contributed by atoms with Gasteiger partial charge in [-0.2, -0.15) is 8.78 Å². The summed E-state index contributed by atoms with van der Waals surface area (Å²) >= 11 is 5.77. The average Bonchev–Trinajstić information content (AvgIpc) is 3.15. The molecule has 3 rings (SSSR count). The molecule has 0 unspecified atom stereocenters. The van der Waals surface area contributed by atoms with E-state index in [2.05, 4.69) is 25.3 Å². The Bertz CT molecular complexity index is 859. The van der Waals surface area contributed by atoms with E-state index in [4.69, 9.17) is 25.8 Å². The Morgan fingerprint density at radius 1 is 1.27 bits per heavy atom. The Kier molecular flexibility index (Phi) is 9.43. The number of nitrogens with one attached hydrogen (secondary N) is 2. The van der Waals surface area contributed by atoms with Crippen molar-refractivity contribution < 1.29 is 27.7 Å². The van der Waals surface area contributed by atoms with Crippen LogP contribution in [0.1, 0.15) is 5.56 Å². The summed E-state index contributed by atoms with van der Waals surface area (Å²) in [6, 6.07) is 6.33. The van der Waals surface area contributed by atoms with E-state index in [9.17, 15) is 8.78 Å². The van der Waals surface area contributed by atoms with Crippen LogP contribution in [-0.2, 0) is 6.54 Å². The van der Waals surface area contributed by atoms with Crippen molar-refractivity contribution in [1.29, 1.82) is 0 Å². The highest BCUT2D eigenvalue weighted by molar-refractivity contribution is 14.0. The van der Waals surface area contributed by atoms with Gasteiger partial charge in [0.1, 0.15) is 12.4 Å². The van der Waals surface area contributed by atoms with E-state index in [1.165, 1.54) is 12.3 Å². The molecule has 0 saturated carbocycles. The van der Waals surface area contributed by atoms with E-state index in [0.29, 0.717) is 47.1 Å². The smallest absolute Gasteiger partial charge is 0.387 e. The third-order valence-electron chi connectivity index (χ3n) is 3.79. The van der Waals surface area contributed by atoms with Crippen LogP contribution < -0.4 is 29.6 Å². The predicted octanol–water partition coefficient (Wildman–Crippen LogP) is 3.43. The second-order valence-corrected chi connectivity index (χ2v) is 6.14. The van der Waals surface area contributed by atoms with Gasteiger partial charge in [0, 0.05) is 37.5 Å². The zero-order valence-electron chi connectivity index (χ0n) is 15.9. The molecular formula is C18H20ClF2IN4O4. The monoisotopic (exact) mass is 556 g/mol. The zero-order valence-corrected chi connectivity index (χ0v) is 18.9. The minimum absolute atomic E-state index is 0. The minimum atomic E-state index is -2.95. The van der Waals surface area contributed by atoms with Crippen molar-refractivity contribution in [2.24, 2.45) is 4.99 Å². The number of nitrogens with zero attached hydrogens (tertiary/aromatic N) is 2. The highest BCUT2D eigenvalue weighted by atomic mass is 127. The fourth-order valence-corrected chi connectivity index (χ4v) is 2.59. The maximum Gasteiger partial charge on any atom is 0.387 e. The summed E-state index contributed by atoms with van der Waals surface area (Å²) in [5, 5.41) is 6.60. The molecule has 0 aliphatic carbocycles. The molecule has 1 aromatic carbocycles. The molecule has 0 bridgehead atoms. The molecule has 1 aliphatic rings. The summed E-state index contributed by atoms with van der Waals surface area (Å²) in [6.45, 7) is -1.97. The molecule has 164 valence electrons. The summed E-state index contributed by atoms with van der Waals surface area (Å²) < 4.78 is 46.0. The number of pyridine rings is 1. The summed E-state index contributed by atoms with van der Waals surface area (Å²) in [7, 11) is 1.59. The molecule has 0 fully saturated rings. The first-order valence-electron chi connectivity index (χ1n) is 8.61. The number of fused-ring (bicyclic) bond motifs is 1. The zero-order chi connectivity index (χ0) is 20.6. The third-order valence-corrected chi connectivity index (χ3v) is 4.01. The molecule has 1 aliphatic heterocycles. The Morgan fingerprint density at radius 3 is 2.70 bits per heavy atom. The second kappa shape index (κ2) is 11.8. The lowest BCUT2D eigenvalue weighted by molar-refractivity contribution is -0.0505. The van der Waals surface area contributed by atoms with Crippen molar-refractivity contribution in [3.8, 4) is 23.1 Å². The van der Waals surface area contributed by atoms with Crippen LogP contribution in [0.2, 0.25) is 5.02 Å². The first-order chi connectivity index (χ1) is 14.0. The largest absolute Gasteiger partial charge is 0.476 e. The number of aromatic nitrogens is 1. The fraction of sp³-hybridized carbons (Fsp3) is 0.333. The standard InChI is InChI=1S/C18H19ClF2N4O4.HI/c1-22-18(23-4-5-26-16-3-2-12(19)9-24-16)25-8-11-6-14-15(28-10-27-14)7-13(11)29-17(20)21;/h2-3,6-7,9,17H,4-5,8,10H2,1H3,(H2,22,23,25);1H. The molecule has 2 aromatic rings. The number of alkyl halides is 2. The molecule has 0 radical (unpaired) electrons. The van der Waals surface area contributed by atoms with E-state index < -0.39 is 6.61 Å². The molecule has 0 saturated heterocycles. The molecule has 8 nitrogen and oxygen atoms in total. The van der Waals surface area contributed by atoms with Gasteiger partial charge >= 0.3 is 6.61 Å². The van der Waals surface area contributed by atoms with Gasteiger partial charge in [0.05, 0.1) is 11.6 Å². The van der Waals surface area contributed by atoms with Gasteiger partial charge in [-0.05, 0) is 12.1 Å². The van der Waals surface area contributed by atoms with Gasteiger partial charge in [-0.3, -0.25) is 4.99 Å². The molecule has 0 amide bonds. The Labute approximate surface area is 193 Å². The van der Waals surface area contributed by atoms with Gasteiger partial charge in [-0.1, -0.05) is 11.6 Å². The summed E-state index contributed by atoms with van der Waals surface area (Å²) in [6.07, 6.45) is 1.50. The number of halogens is 4. The second-order valence-electron chi connectivity index (χ2n) is 5.71. The van der Waals surface area contributed by atoms with Gasteiger partial charge in [0.2, 0.25) is 12.7 Å². The van der Waals surface area contributed by atoms with Crippen LogP contribution >= 0.6 is 35.6 Å². The summed E-state index contributed by atoms with van der Waals surface area (Å²) in [4.78, 5) is 8.11. The van der Waals surface area contributed by atoms with Crippen molar-refractivity contribution in [3.05, 3.63) is 41.0 Å². The molecule has 0 atom stereocenters. The highest BCUT2D eigenvalue weighted by Crippen LogP contribution is 2.38. The Morgan fingerprint density at radius 2 is 2.03 bits per heavy atom. The normalized spacial score (nSPS) is 12.4. The molecule has 0 spiro atoms. The van der Waals surface area contributed by atoms with E-state index in [-0.39, 0.29) is 43.1 Å². The first-order valence-corrected chi connectivity index (χ1v) is 8.99. The lowest BCUT2D eigenvalue weighted by Crippen LogP contribution is -2.39. The number of aliphatic imine (C=N–C) groups is 1. The molecule has 2 N–H and O–H groups in total. The van der Waals surface area contributed by atoms with Crippen LogP contribution in [0, 0.1) is 0 Å². The van der Waals surface area contributed by atoms with Crippen LogP contribution in [-0.4, -0.2) is 44.5 Å². The highest BCUT2D eigenvalue weighted by Gasteiger charge is 2.20. The van der Waals surface area contributed by atoms with Gasteiger partial charge in [-0.15, -0.1) is 24.0 Å². The quantitative estimate of drug-likeness (QED) is 0.223. The lowest BCUT2D eigenvalue weighted by Gasteiger charge is -2.15. The van der Waals surface area contributed by atoms with Crippen LogP contribution in [0.3, 0.4) is 0 Å². The van der Waals surface area contributed by atoms with Gasteiger partial charge in [-0.25, -0.2) is 4.98 Å². The molecule has 12 heteroatoms. The van der Waals surface area contributed by atoms with Gasteiger partial charge in [0.25, 0.3) is 0 Å². The van der Waals surface area contributed by atoms with E-state index in [1.807, 2.05) is 0 Å². The van der Waals surface area contributed by atoms with Crippen LogP contribution in [0.15, 0.2) is 35.5 Å². The molecular weight excluding hydrogens is 537 g/mol. The number of ether oxygens (including phenoxy) is 4. The predicted molar refractivity (Wildman–Crippen MR) is 118 cm³/mol. The minimum Gasteiger partial charge on any atom is -0.476 e. The molecule has 2 heterocycles. The fourth-order valence-electron chi connectivity index (χ4n) is 2.48. The van der Waals surface area contributed by atoms with Gasteiger partial charge < -0.3 is 29.6 Å². The molecule has 30 heavy (non-hydrogen) atoms. The maximum absolute atomic E-state index is 12.7. The number of hydrogen-bond acceptors (Lipinski definition) is 6. The number of rotatable bonds is 8. The Hall–Kier alpha value is -2.28. The van der Waals surface area contributed by atoms with E-state index in [1.54, 1.807) is 25.2 Å². The lowest BCUT2D eigenvalue weighted by atomic mass is 10.1. The van der Waals surface area contributed by atoms with E-state index in [0.717, 1.165) is 0 Å². The van der Waals surface area contributed by atoms with Gasteiger partial charge in [0.15, 0.2) is 17.5 Å². The number of guanidine groups is 1. The van der Waals surface area contributed by atoms with Crippen molar-refractivity contribution >= 4 is 41.5 Å². The molecule has 1 aromatic heterocycles. The van der Waals surface area contributed by atoms with Crippen molar-refractivity contribution in [1.82, 2.24) is 15.6 Å². The maximum atomic E-state index is 12.7. The average molecular weight is 557 g/mol. The van der Waals surface area contributed by atoms with Crippen molar-refractivity contribution in [3.63, 3.8) is 0 Å². The number of benzene rings is 1. The van der Waals surface area contributed by atoms with Crippen LogP contribution in [0.4, 0.5) is 8.78 Å². The van der Waals surface area contributed by atoms with Crippen molar-refractivity contribution in [2.75, 3.05) is 27.0 Å². The Balaban J connectivity index is 0.00000320.